The van der Waals surface area contributed by atoms with Gasteiger partial charge in [0.05, 0.1) is 6.61 Å². The Bertz CT molecular complexity index is 177. The average Bonchev–Trinajstić information content (AvgIpc) is 2.38. The predicted octanol–water partition coefficient (Wildman–Crippen LogP) is -0.0139. The largest absolute Gasteiger partial charge is 0.383 e. The lowest BCUT2D eigenvalue weighted by Gasteiger charge is -2.30. The van der Waals surface area contributed by atoms with Crippen LogP contribution >= 0.6 is 0 Å². The SMILES string of the molecule is COCCN1CCC(C)N(C)C(CN)C1. The topological polar surface area (TPSA) is 41.7 Å². The van der Waals surface area contributed by atoms with Crippen molar-refractivity contribution >= 4 is 0 Å². The first-order chi connectivity index (χ1) is 7.19. The van der Waals surface area contributed by atoms with Gasteiger partial charge >= 0.3 is 0 Å². The number of ether oxygens (including phenoxy) is 1. The zero-order valence-corrected chi connectivity index (χ0v) is 10.3. The molecule has 4 nitrogen and oxygen atoms in total. The summed E-state index contributed by atoms with van der Waals surface area (Å²) < 4.78 is 5.12. The van der Waals surface area contributed by atoms with Crippen LogP contribution in [-0.2, 0) is 4.74 Å². The summed E-state index contributed by atoms with van der Waals surface area (Å²) >= 11 is 0. The number of hydrogen-bond donors (Lipinski definition) is 1. The molecule has 2 unspecified atom stereocenters. The van der Waals surface area contributed by atoms with E-state index < -0.39 is 0 Å². The fourth-order valence-electron chi connectivity index (χ4n) is 2.12. The fourth-order valence-corrected chi connectivity index (χ4v) is 2.12. The number of methoxy groups -OCH3 is 1. The summed E-state index contributed by atoms with van der Waals surface area (Å²) in [5.74, 6) is 0. The Labute approximate surface area is 93.4 Å². The lowest BCUT2D eigenvalue weighted by Crippen LogP contribution is -2.46. The van der Waals surface area contributed by atoms with Crippen LogP contribution in [0.3, 0.4) is 0 Å². The Kier molecular flexibility index (Phi) is 5.53. The Morgan fingerprint density at radius 2 is 2.20 bits per heavy atom. The molecule has 0 aromatic heterocycles. The Morgan fingerprint density at radius 3 is 2.80 bits per heavy atom. The van der Waals surface area contributed by atoms with Crippen LogP contribution in [0.15, 0.2) is 0 Å². The molecular formula is C11H25N3O. The minimum Gasteiger partial charge on any atom is -0.383 e. The summed E-state index contributed by atoms with van der Waals surface area (Å²) in [5.41, 5.74) is 5.82. The van der Waals surface area contributed by atoms with Crippen LogP contribution in [0.4, 0.5) is 0 Å². The molecule has 1 aliphatic rings. The molecule has 15 heavy (non-hydrogen) atoms. The van der Waals surface area contributed by atoms with Gasteiger partial charge in [-0.25, -0.2) is 0 Å². The van der Waals surface area contributed by atoms with Gasteiger partial charge in [0.15, 0.2) is 0 Å². The highest BCUT2D eigenvalue weighted by atomic mass is 16.5. The first-order valence-corrected chi connectivity index (χ1v) is 5.82. The normalized spacial score (nSPS) is 30.4. The summed E-state index contributed by atoms with van der Waals surface area (Å²) in [7, 11) is 3.94. The molecule has 1 aliphatic heterocycles. The number of nitrogens with two attached hydrogens (primary N) is 1. The molecule has 0 spiro atoms. The van der Waals surface area contributed by atoms with E-state index in [1.807, 2.05) is 0 Å². The van der Waals surface area contributed by atoms with Crippen LogP contribution < -0.4 is 5.73 Å². The van der Waals surface area contributed by atoms with Crippen LogP contribution in [0.5, 0.6) is 0 Å². The standard InChI is InChI=1S/C11H25N3O/c1-10-4-5-14(6-7-15-3)9-11(8-12)13(10)2/h10-11H,4-9,12H2,1-3H3. The summed E-state index contributed by atoms with van der Waals surface area (Å²) in [6, 6.07) is 1.12. The van der Waals surface area contributed by atoms with Crippen molar-refractivity contribution < 1.29 is 4.74 Å². The van der Waals surface area contributed by atoms with E-state index in [2.05, 4.69) is 23.8 Å². The summed E-state index contributed by atoms with van der Waals surface area (Å²) in [5, 5.41) is 0. The maximum Gasteiger partial charge on any atom is 0.0589 e. The van der Waals surface area contributed by atoms with E-state index >= 15 is 0 Å². The molecule has 1 heterocycles. The van der Waals surface area contributed by atoms with Crippen molar-refractivity contribution in [1.29, 1.82) is 0 Å². The van der Waals surface area contributed by atoms with Crippen molar-refractivity contribution in [3.63, 3.8) is 0 Å². The van der Waals surface area contributed by atoms with E-state index in [0.717, 1.165) is 32.8 Å². The van der Waals surface area contributed by atoms with Gasteiger partial charge in [-0.15, -0.1) is 0 Å². The lowest BCUT2D eigenvalue weighted by molar-refractivity contribution is 0.136. The maximum absolute atomic E-state index is 5.82. The lowest BCUT2D eigenvalue weighted by atomic mass is 10.2. The monoisotopic (exact) mass is 215 g/mol. The second-order valence-corrected chi connectivity index (χ2v) is 4.49. The van der Waals surface area contributed by atoms with E-state index in [4.69, 9.17) is 10.5 Å². The highest BCUT2D eigenvalue weighted by Crippen LogP contribution is 2.13. The highest BCUT2D eigenvalue weighted by molar-refractivity contribution is 4.82. The van der Waals surface area contributed by atoms with Crippen molar-refractivity contribution in [2.45, 2.75) is 25.4 Å². The zero-order valence-electron chi connectivity index (χ0n) is 10.3. The molecule has 4 heteroatoms. The van der Waals surface area contributed by atoms with E-state index in [0.29, 0.717) is 12.1 Å². The molecule has 2 N–H and O–H groups in total. The molecule has 0 aromatic carbocycles. The minimum atomic E-state index is 0.486. The van der Waals surface area contributed by atoms with Gasteiger partial charge in [-0.05, 0) is 26.9 Å². The van der Waals surface area contributed by atoms with Crippen molar-refractivity contribution in [2.24, 2.45) is 5.73 Å². The first kappa shape index (κ1) is 12.9. The van der Waals surface area contributed by atoms with Gasteiger partial charge in [0, 0.05) is 38.8 Å². The van der Waals surface area contributed by atoms with Gasteiger partial charge in [0.2, 0.25) is 0 Å². The van der Waals surface area contributed by atoms with Gasteiger partial charge < -0.3 is 10.5 Å². The Balaban J connectivity index is 2.49. The molecule has 0 amide bonds. The molecule has 1 saturated heterocycles. The van der Waals surface area contributed by atoms with Crippen LogP contribution in [0.2, 0.25) is 0 Å². The van der Waals surface area contributed by atoms with Gasteiger partial charge in [-0.2, -0.15) is 0 Å². The third-order valence-corrected chi connectivity index (χ3v) is 3.49. The van der Waals surface area contributed by atoms with Gasteiger partial charge in [0.25, 0.3) is 0 Å². The number of likely N-dealkylation sites (N-methyl/N-ethyl adjacent to an activating group) is 1. The van der Waals surface area contributed by atoms with Crippen LogP contribution in [0.1, 0.15) is 13.3 Å². The molecule has 0 bridgehead atoms. The number of nitrogens with zero attached hydrogens (tertiary/aromatic N) is 2. The van der Waals surface area contributed by atoms with Crippen LogP contribution in [0, 0.1) is 0 Å². The molecule has 0 saturated carbocycles. The van der Waals surface area contributed by atoms with Gasteiger partial charge in [-0.1, -0.05) is 0 Å². The smallest absolute Gasteiger partial charge is 0.0589 e. The number of hydrogen-bond acceptors (Lipinski definition) is 4. The Morgan fingerprint density at radius 1 is 1.47 bits per heavy atom. The Hall–Kier alpha value is -0.160. The maximum atomic E-state index is 5.82. The minimum absolute atomic E-state index is 0.486. The van der Waals surface area contributed by atoms with Gasteiger partial charge in [0.1, 0.15) is 0 Å². The molecule has 0 aliphatic carbocycles. The summed E-state index contributed by atoms with van der Waals surface area (Å²) in [6.45, 7) is 7.09. The van der Waals surface area contributed by atoms with Crippen molar-refractivity contribution in [3.8, 4) is 0 Å². The first-order valence-electron chi connectivity index (χ1n) is 5.82. The van der Waals surface area contributed by atoms with Crippen LogP contribution in [0.25, 0.3) is 0 Å². The average molecular weight is 215 g/mol. The van der Waals surface area contributed by atoms with Crippen molar-refractivity contribution in [2.75, 3.05) is 46.9 Å². The van der Waals surface area contributed by atoms with E-state index in [1.165, 1.54) is 6.42 Å². The van der Waals surface area contributed by atoms with Crippen molar-refractivity contribution in [1.82, 2.24) is 9.80 Å². The quantitative estimate of drug-likeness (QED) is 0.716. The molecule has 90 valence electrons. The highest BCUT2D eigenvalue weighted by Gasteiger charge is 2.25. The molecule has 2 atom stereocenters. The number of rotatable bonds is 4. The van der Waals surface area contributed by atoms with E-state index in [9.17, 15) is 0 Å². The summed E-state index contributed by atoms with van der Waals surface area (Å²) in [4.78, 5) is 4.87. The van der Waals surface area contributed by atoms with E-state index in [1.54, 1.807) is 7.11 Å². The third kappa shape index (κ3) is 3.72. The fraction of sp³-hybridized carbons (Fsp3) is 1.00. The predicted molar refractivity (Wildman–Crippen MR) is 63.0 cm³/mol. The van der Waals surface area contributed by atoms with Crippen molar-refractivity contribution in [3.05, 3.63) is 0 Å². The molecule has 1 rings (SSSR count). The molecule has 0 radical (unpaired) electrons. The van der Waals surface area contributed by atoms with Crippen LogP contribution in [-0.4, -0.2) is 68.8 Å². The second-order valence-electron chi connectivity index (χ2n) is 4.49. The van der Waals surface area contributed by atoms with Gasteiger partial charge in [-0.3, -0.25) is 9.80 Å². The van der Waals surface area contributed by atoms with E-state index in [-0.39, 0.29) is 0 Å². The molecule has 1 fully saturated rings. The third-order valence-electron chi connectivity index (χ3n) is 3.49. The molecular weight excluding hydrogens is 190 g/mol. The summed E-state index contributed by atoms with van der Waals surface area (Å²) in [6.07, 6.45) is 1.22. The second kappa shape index (κ2) is 6.43. The zero-order chi connectivity index (χ0) is 11.3. The molecule has 0 aromatic rings.